The highest BCUT2D eigenvalue weighted by atomic mass is 16.5. The second-order valence-corrected chi connectivity index (χ2v) is 5.97. The van der Waals surface area contributed by atoms with Crippen molar-refractivity contribution in [1.29, 1.82) is 0 Å². The van der Waals surface area contributed by atoms with E-state index in [9.17, 15) is 0 Å². The van der Waals surface area contributed by atoms with Gasteiger partial charge in [0.05, 0.1) is 12.2 Å². The summed E-state index contributed by atoms with van der Waals surface area (Å²) >= 11 is 0. The first kappa shape index (κ1) is 14.0. The Balaban J connectivity index is 2.38. The van der Waals surface area contributed by atoms with Crippen LogP contribution in [0.25, 0.3) is 0 Å². The lowest BCUT2D eigenvalue weighted by Crippen LogP contribution is -2.37. The molecule has 0 bridgehead atoms. The fourth-order valence-corrected chi connectivity index (χ4v) is 2.99. The highest BCUT2D eigenvalue weighted by molar-refractivity contribution is 4.90. The summed E-state index contributed by atoms with van der Waals surface area (Å²) in [5, 5.41) is 0. The molecule has 0 spiro atoms. The molecule has 1 heterocycles. The van der Waals surface area contributed by atoms with E-state index in [1.54, 1.807) is 0 Å². The van der Waals surface area contributed by atoms with Crippen LogP contribution in [0.15, 0.2) is 0 Å². The molecular formula is C14H29NO. The van der Waals surface area contributed by atoms with Crippen LogP contribution in [0.2, 0.25) is 0 Å². The van der Waals surface area contributed by atoms with Gasteiger partial charge in [-0.25, -0.2) is 0 Å². The Hall–Kier alpha value is -0.0800. The zero-order chi connectivity index (χ0) is 12.3. The Morgan fingerprint density at radius 1 is 1.06 bits per heavy atom. The highest BCUT2D eigenvalue weighted by Crippen LogP contribution is 2.35. The minimum Gasteiger partial charge on any atom is -0.375 e. The van der Waals surface area contributed by atoms with Gasteiger partial charge in [-0.05, 0) is 32.1 Å². The van der Waals surface area contributed by atoms with Gasteiger partial charge in [0.2, 0.25) is 0 Å². The van der Waals surface area contributed by atoms with Crippen molar-refractivity contribution in [2.45, 2.75) is 72.1 Å². The molecule has 1 aliphatic rings. The van der Waals surface area contributed by atoms with Crippen LogP contribution in [0, 0.1) is 17.8 Å². The smallest absolute Gasteiger partial charge is 0.0597 e. The number of hydrogen-bond acceptors (Lipinski definition) is 2. The van der Waals surface area contributed by atoms with Crippen LogP contribution in [0.4, 0.5) is 0 Å². The Bertz CT molecular complexity index is 205. The zero-order valence-electron chi connectivity index (χ0n) is 11.6. The maximum absolute atomic E-state index is 6.33. The Kier molecular flexibility index (Phi) is 5.26. The first-order valence-electron chi connectivity index (χ1n) is 6.84. The van der Waals surface area contributed by atoms with E-state index in [-0.39, 0.29) is 0 Å². The molecular weight excluding hydrogens is 198 g/mol. The molecule has 1 rings (SSSR count). The first-order chi connectivity index (χ1) is 7.43. The molecule has 1 saturated heterocycles. The lowest BCUT2D eigenvalue weighted by molar-refractivity contribution is 0.0486. The van der Waals surface area contributed by atoms with Gasteiger partial charge in [0.15, 0.2) is 0 Å². The second-order valence-electron chi connectivity index (χ2n) is 5.97. The highest BCUT2D eigenvalue weighted by Gasteiger charge is 2.39. The monoisotopic (exact) mass is 227 g/mol. The molecule has 0 aromatic heterocycles. The van der Waals surface area contributed by atoms with E-state index < -0.39 is 0 Å². The summed E-state index contributed by atoms with van der Waals surface area (Å²) in [4.78, 5) is 0. The van der Waals surface area contributed by atoms with E-state index in [1.807, 2.05) is 0 Å². The molecule has 1 aliphatic heterocycles. The molecule has 0 saturated carbocycles. The van der Waals surface area contributed by atoms with Crippen LogP contribution in [-0.2, 0) is 4.74 Å². The average Bonchev–Trinajstić information content (AvgIpc) is 2.40. The minimum absolute atomic E-state index is 0.314. The predicted molar refractivity (Wildman–Crippen MR) is 69.3 cm³/mol. The molecule has 1 fully saturated rings. The van der Waals surface area contributed by atoms with Crippen LogP contribution >= 0.6 is 0 Å². The van der Waals surface area contributed by atoms with Crippen LogP contribution < -0.4 is 5.73 Å². The standard InChI is InChI=1S/C14H29NO/c1-9(2)7-6-8-13(15)14-10(3)11(4)16-12(14)5/h9-14H,6-8,15H2,1-5H3. The molecule has 5 unspecified atom stereocenters. The molecule has 0 aromatic carbocycles. The molecule has 2 heteroatoms. The summed E-state index contributed by atoms with van der Waals surface area (Å²) in [6.45, 7) is 11.2. The number of nitrogens with two attached hydrogens (primary N) is 1. The Morgan fingerprint density at radius 2 is 1.69 bits per heavy atom. The minimum atomic E-state index is 0.314. The SMILES string of the molecule is CC(C)CCCC(N)C1C(C)OC(C)C1C. The lowest BCUT2D eigenvalue weighted by Gasteiger charge is -2.25. The van der Waals surface area contributed by atoms with E-state index in [4.69, 9.17) is 10.5 Å². The lowest BCUT2D eigenvalue weighted by atomic mass is 9.81. The largest absolute Gasteiger partial charge is 0.375 e. The maximum atomic E-state index is 6.33. The van der Waals surface area contributed by atoms with Gasteiger partial charge in [0, 0.05) is 12.0 Å². The van der Waals surface area contributed by atoms with E-state index in [0.29, 0.717) is 30.1 Å². The number of rotatable bonds is 5. The molecule has 0 amide bonds. The van der Waals surface area contributed by atoms with E-state index in [1.165, 1.54) is 12.8 Å². The van der Waals surface area contributed by atoms with Crippen molar-refractivity contribution in [1.82, 2.24) is 0 Å². The van der Waals surface area contributed by atoms with Crippen molar-refractivity contribution in [2.75, 3.05) is 0 Å². The molecule has 2 N–H and O–H groups in total. The van der Waals surface area contributed by atoms with Gasteiger partial charge in [-0.3, -0.25) is 0 Å². The predicted octanol–water partition coefficient (Wildman–Crippen LogP) is 3.20. The van der Waals surface area contributed by atoms with Gasteiger partial charge in [0.25, 0.3) is 0 Å². The molecule has 96 valence electrons. The van der Waals surface area contributed by atoms with Crippen molar-refractivity contribution >= 4 is 0 Å². The molecule has 0 radical (unpaired) electrons. The molecule has 0 aliphatic carbocycles. The van der Waals surface area contributed by atoms with Crippen molar-refractivity contribution in [3.63, 3.8) is 0 Å². The summed E-state index contributed by atoms with van der Waals surface area (Å²) in [5.41, 5.74) is 6.33. The molecule has 16 heavy (non-hydrogen) atoms. The van der Waals surface area contributed by atoms with Gasteiger partial charge in [-0.1, -0.05) is 33.6 Å². The van der Waals surface area contributed by atoms with E-state index in [2.05, 4.69) is 34.6 Å². The Labute approximate surface area is 101 Å². The van der Waals surface area contributed by atoms with Crippen molar-refractivity contribution in [2.24, 2.45) is 23.5 Å². The molecule has 5 atom stereocenters. The zero-order valence-corrected chi connectivity index (χ0v) is 11.6. The summed E-state index contributed by atoms with van der Waals surface area (Å²) in [6.07, 6.45) is 4.39. The van der Waals surface area contributed by atoms with Gasteiger partial charge in [0.1, 0.15) is 0 Å². The average molecular weight is 227 g/mol. The summed E-state index contributed by atoms with van der Waals surface area (Å²) in [5.74, 6) is 1.94. The summed E-state index contributed by atoms with van der Waals surface area (Å²) in [7, 11) is 0. The third-order valence-electron chi connectivity index (χ3n) is 4.13. The van der Waals surface area contributed by atoms with Crippen molar-refractivity contribution in [3.8, 4) is 0 Å². The van der Waals surface area contributed by atoms with Crippen LogP contribution in [-0.4, -0.2) is 18.2 Å². The first-order valence-corrected chi connectivity index (χ1v) is 6.84. The summed E-state index contributed by atoms with van der Waals surface area (Å²) in [6, 6.07) is 0.314. The molecule has 0 aromatic rings. The summed E-state index contributed by atoms with van der Waals surface area (Å²) < 4.78 is 5.85. The van der Waals surface area contributed by atoms with Crippen molar-refractivity contribution in [3.05, 3.63) is 0 Å². The fraction of sp³-hybridized carbons (Fsp3) is 1.00. The van der Waals surface area contributed by atoms with Gasteiger partial charge in [-0.15, -0.1) is 0 Å². The number of ether oxygens (including phenoxy) is 1. The Morgan fingerprint density at radius 3 is 2.12 bits per heavy atom. The fourth-order valence-electron chi connectivity index (χ4n) is 2.99. The topological polar surface area (TPSA) is 35.2 Å². The van der Waals surface area contributed by atoms with Gasteiger partial charge < -0.3 is 10.5 Å². The number of hydrogen-bond donors (Lipinski definition) is 1. The van der Waals surface area contributed by atoms with Crippen LogP contribution in [0.1, 0.15) is 53.9 Å². The van der Waals surface area contributed by atoms with Crippen LogP contribution in [0.3, 0.4) is 0 Å². The quantitative estimate of drug-likeness (QED) is 0.783. The van der Waals surface area contributed by atoms with Gasteiger partial charge in [-0.2, -0.15) is 0 Å². The van der Waals surface area contributed by atoms with Gasteiger partial charge >= 0.3 is 0 Å². The normalized spacial score (nSPS) is 36.9. The third kappa shape index (κ3) is 3.46. The van der Waals surface area contributed by atoms with Crippen molar-refractivity contribution < 1.29 is 4.74 Å². The van der Waals surface area contributed by atoms with E-state index in [0.717, 1.165) is 12.3 Å². The second kappa shape index (κ2) is 6.02. The van der Waals surface area contributed by atoms with Crippen LogP contribution in [0.5, 0.6) is 0 Å². The maximum Gasteiger partial charge on any atom is 0.0597 e. The van der Waals surface area contributed by atoms with E-state index >= 15 is 0 Å². The third-order valence-corrected chi connectivity index (χ3v) is 4.13. The molecule has 2 nitrogen and oxygen atoms in total.